The lowest BCUT2D eigenvalue weighted by Crippen LogP contribution is -2.26. The predicted molar refractivity (Wildman–Crippen MR) is 146 cm³/mol. The molecular formula is C30H35N3O4. The van der Waals surface area contributed by atoms with Gasteiger partial charge in [0, 0.05) is 25.1 Å². The molecule has 0 saturated heterocycles. The number of hydrogen-bond acceptors (Lipinski definition) is 5. The second kappa shape index (κ2) is 12.3. The fraction of sp³-hybridized carbons (Fsp3) is 0.333. The zero-order valence-electron chi connectivity index (χ0n) is 22.0. The Bertz CT molecular complexity index is 1350. The Labute approximate surface area is 218 Å². The lowest BCUT2D eigenvalue weighted by atomic mass is 10.0. The number of methoxy groups -OCH3 is 2. The Morgan fingerprint density at radius 1 is 0.946 bits per heavy atom. The monoisotopic (exact) mass is 501 g/mol. The van der Waals surface area contributed by atoms with Gasteiger partial charge in [0.05, 0.1) is 31.9 Å². The van der Waals surface area contributed by atoms with E-state index in [9.17, 15) is 4.79 Å². The van der Waals surface area contributed by atoms with Crippen LogP contribution in [0.25, 0.3) is 11.0 Å². The molecule has 0 atom stereocenters. The first kappa shape index (κ1) is 26.1. The predicted octanol–water partition coefficient (Wildman–Crippen LogP) is 5.62. The molecule has 1 amide bonds. The van der Waals surface area contributed by atoms with Crippen molar-refractivity contribution in [1.82, 2.24) is 14.9 Å². The molecule has 0 spiro atoms. The number of aromatic nitrogens is 2. The van der Waals surface area contributed by atoms with Gasteiger partial charge in [-0.1, -0.05) is 44.2 Å². The Morgan fingerprint density at radius 3 is 2.49 bits per heavy atom. The number of para-hydroxylation sites is 3. The molecule has 37 heavy (non-hydrogen) atoms. The third-order valence-corrected chi connectivity index (χ3v) is 6.34. The summed E-state index contributed by atoms with van der Waals surface area (Å²) in [7, 11) is 3.12. The van der Waals surface area contributed by atoms with E-state index in [0.717, 1.165) is 35.6 Å². The van der Waals surface area contributed by atoms with Crippen LogP contribution in [0.2, 0.25) is 0 Å². The SMILES string of the molecule is COc1ccc(C(=O)NCCc2nc3ccccc3n2CCCOc2ccccc2C(C)C)cc1OC. The van der Waals surface area contributed by atoms with Crippen molar-refractivity contribution in [3.05, 3.63) is 83.7 Å². The van der Waals surface area contributed by atoms with Gasteiger partial charge in [-0.2, -0.15) is 0 Å². The third-order valence-electron chi connectivity index (χ3n) is 6.34. The molecule has 7 nitrogen and oxygen atoms in total. The highest BCUT2D eigenvalue weighted by molar-refractivity contribution is 5.94. The molecule has 4 rings (SSSR count). The van der Waals surface area contributed by atoms with Gasteiger partial charge in [-0.15, -0.1) is 0 Å². The quantitative estimate of drug-likeness (QED) is 0.255. The van der Waals surface area contributed by atoms with Crippen LogP contribution < -0.4 is 19.5 Å². The molecule has 4 aromatic rings. The minimum Gasteiger partial charge on any atom is -0.493 e. The topological polar surface area (TPSA) is 74.6 Å². The van der Waals surface area contributed by atoms with Gasteiger partial charge in [0.25, 0.3) is 5.91 Å². The van der Waals surface area contributed by atoms with Gasteiger partial charge in [0.1, 0.15) is 11.6 Å². The molecule has 0 radical (unpaired) electrons. The number of benzene rings is 3. The Balaban J connectivity index is 1.39. The van der Waals surface area contributed by atoms with E-state index < -0.39 is 0 Å². The van der Waals surface area contributed by atoms with Crippen LogP contribution in [-0.4, -0.2) is 42.8 Å². The van der Waals surface area contributed by atoms with E-state index in [1.165, 1.54) is 5.56 Å². The molecule has 0 fully saturated rings. The maximum absolute atomic E-state index is 12.7. The molecule has 1 N–H and O–H groups in total. The number of ether oxygens (including phenoxy) is 3. The van der Waals surface area contributed by atoms with Crippen LogP contribution in [0.5, 0.6) is 17.2 Å². The van der Waals surface area contributed by atoms with Crippen LogP contribution in [0.4, 0.5) is 0 Å². The summed E-state index contributed by atoms with van der Waals surface area (Å²) < 4.78 is 18.9. The molecule has 3 aromatic carbocycles. The van der Waals surface area contributed by atoms with Gasteiger partial charge >= 0.3 is 0 Å². The van der Waals surface area contributed by atoms with E-state index in [-0.39, 0.29) is 5.91 Å². The summed E-state index contributed by atoms with van der Waals surface area (Å²) in [5, 5.41) is 3.00. The first-order valence-corrected chi connectivity index (χ1v) is 12.7. The number of carbonyl (C=O) groups excluding carboxylic acids is 1. The van der Waals surface area contributed by atoms with Crippen molar-refractivity contribution in [1.29, 1.82) is 0 Å². The van der Waals surface area contributed by atoms with Crippen LogP contribution >= 0.6 is 0 Å². The minimum atomic E-state index is -0.166. The Kier molecular flexibility index (Phi) is 8.67. The highest BCUT2D eigenvalue weighted by atomic mass is 16.5. The maximum atomic E-state index is 12.7. The fourth-order valence-corrected chi connectivity index (χ4v) is 4.43. The maximum Gasteiger partial charge on any atom is 0.251 e. The zero-order valence-corrected chi connectivity index (χ0v) is 22.0. The number of hydrogen-bond donors (Lipinski definition) is 1. The summed E-state index contributed by atoms with van der Waals surface area (Å²) >= 11 is 0. The minimum absolute atomic E-state index is 0.166. The number of fused-ring (bicyclic) bond motifs is 1. The molecule has 7 heteroatoms. The van der Waals surface area contributed by atoms with Crippen molar-refractivity contribution in [2.45, 2.75) is 39.2 Å². The summed E-state index contributed by atoms with van der Waals surface area (Å²) in [6.07, 6.45) is 1.46. The van der Waals surface area contributed by atoms with Crippen LogP contribution in [0.15, 0.2) is 66.7 Å². The number of carbonyl (C=O) groups is 1. The van der Waals surface area contributed by atoms with E-state index in [2.05, 4.69) is 41.9 Å². The van der Waals surface area contributed by atoms with Gasteiger partial charge in [-0.25, -0.2) is 4.98 Å². The van der Waals surface area contributed by atoms with Gasteiger partial charge < -0.3 is 24.1 Å². The molecular weight excluding hydrogens is 466 g/mol. The molecule has 0 bridgehead atoms. The van der Waals surface area contributed by atoms with Gasteiger partial charge in [0.15, 0.2) is 11.5 Å². The third kappa shape index (κ3) is 6.23. The smallest absolute Gasteiger partial charge is 0.251 e. The van der Waals surface area contributed by atoms with E-state index in [4.69, 9.17) is 19.2 Å². The number of rotatable bonds is 12. The van der Waals surface area contributed by atoms with Crippen molar-refractivity contribution in [3.8, 4) is 17.2 Å². The molecule has 0 aliphatic rings. The van der Waals surface area contributed by atoms with Crippen molar-refractivity contribution in [2.75, 3.05) is 27.4 Å². The van der Waals surface area contributed by atoms with Crippen molar-refractivity contribution < 1.29 is 19.0 Å². The fourth-order valence-electron chi connectivity index (χ4n) is 4.43. The Hall–Kier alpha value is -4.00. The van der Waals surface area contributed by atoms with Crippen LogP contribution in [0, 0.1) is 0 Å². The molecule has 1 heterocycles. The number of nitrogens with one attached hydrogen (secondary N) is 1. The molecule has 194 valence electrons. The van der Waals surface area contributed by atoms with Gasteiger partial charge in [0.2, 0.25) is 0 Å². The Morgan fingerprint density at radius 2 is 1.70 bits per heavy atom. The van der Waals surface area contributed by atoms with Crippen molar-refractivity contribution in [2.24, 2.45) is 0 Å². The number of nitrogens with zero attached hydrogens (tertiary/aromatic N) is 2. The summed E-state index contributed by atoms with van der Waals surface area (Å²) in [6.45, 7) is 6.22. The lowest BCUT2D eigenvalue weighted by Gasteiger charge is -2.15. The standard InChI is InChI=1S/C30H35N3O4/c1-21(2)23-10-5-8-13-26(23)37-19-9-18-33-25-12-7-6-11-24(25)32-29(33)16-17-31-30(34)22-14-15-27(35-3)28(20-22)36-4/h5-8,10-15,20-21H,9,16-19H2,1-4H3,(H,31,34). The van der Waals surface area contributed by atoms with E-state index in [1.54, 1.807) is 32.4 Å². The average molecular weight is 502 g/mol. The molecule has 0 aliphatic carbocycles. The molecule has 0 unspecified atom stereocenters. The second-order valence-electron chi connectivity index (χ2n) is 9.14. The largest absolute Gasteiger partial charge is 0.493 e. The normalized spacial score (nSPS) is 11.1. The summed E-state index contributed by atoms with van der Waals surface area (Å²) in [5.74, 6) is 3.25. The number of amides is 1. The van der Waals surface area contributed by atoms with Crippen LogP contribution in [-0.2, 0) is 13.0 Å². The number of aryl methyl sites for hydroxylation is 1. The zero-order chi connectivity index (χ0) is 26.2. The average Bonchev–Trinajstić information content (AvgIpc) is 3.27. The van der Waals surface area contributed by atoms with Crippen molar-refractivity contribution >= 4 is 16.9 Å². The second-order valence-corrected chi connectivity index (χ2v) is 9.14. The highest BCUT2D eigenvalue weighted by Gasteiger charge is 2.14. The highest BCUT2D eigenvalue weighted by Crippen LogP contribution is 2.28. The molecule has 0 saturated carbocycles. The van der Waals surface area contributed by atoms with Crippen molar-refractivity contribution in [3.63, 3.8) is 0 Å². The van der Waals surface area contributed by atoms with E-state index in [0.29, 0.717) is 42.6 Å². The van der Waals surface area contributed by atoms with E-state index >= 15 is 0 Å². The lowest BCUT2D eigenvalue weighted by molar-refractivity contribution is 0.0953. The molecule has 0 aliphatic heterocycles. The van der Waals surface area contributed by atoms with Gasteiger partial charge in [-0.05, 0) is 54.3 Å². The first-order valence-electron chi connectivity index (χ1n) is 12.7. The summed E-state index contributed by atoms with van der Waals surface area (Å²) in [4.78, 5) is 17.6. The molecule has 1 aromatic heterocycles. The van der Waals surface area contributed by atoms with Crippen LogP contribution in [0.3, 0.4) is 0 Å². The first-order chi connectivity index (χ1) is 18.0. The number of imidazole rings is 1. The summed E-state index contributed by atoms with van der Waals surface area (Å²) in [5.41, 5.74) is 3.78. The summed E-state index contributed by atoms with van der Waals surface area (Å²) in [6, 6.07) is 21.5. The van der Waals surface area contributed by atoms with Gasteiger partial charge in [-0.3, -0.25) is 4.79 Å². The van der Waals surface area contributed by atoms with E-state index in [1.807, 2.05) is 30.3 Å². The van der Waals surface area contributed by atoms with Crippen LogP contribution in [0.1, 0.15) is 47.9 Å².